The zero-order chi connectivity index (χ0) is 17.1. The second kappa shape index (κ2) is 6.91. The Morgan fingerprint density at radius 2 is 2.13 bits per heavy atom. The number of hydrogen-bond acceptors (Lipinski definition) is 2. The number of halogens is 3. The number of nitrogens with zero attached hydrogens (tertiary/aromatic N) is 1. The van der Waals surface area contributed by atoms with Crippen LogP contribution in [-0.4, -0.2) is 35.6 Å². The molecule has 1 heterocycles. The lowest BCUT2D eigenvalue weighted by Crippen LogP contribution is -2.48. The minimum Gasteiger partial charge on any atom is -0.396 e. The fourth-order valence-corrected chi connectivity index (χ4v) is 3.09. The molecule has 3 nitrogen and oxygen atoms in total. The van der Waals surface area contributed by atoms with Crippen molar-refractivity contribution in [3.63, 3.8) is 0 Å². The van der Waals surface area contributed by atoms with Crippen molar-refractivity contribution in [3.05, 3.63) is 35.4 Å². The van der Waals surface area contributed by atoms with E-state index >= 15 is 0 Å². The molecule has 6 heteroatoms. The first-order chi connectivity index (χ1) is 10.8. The van der Waals surface area contributed by atoms with Crippen molar-refractivity contribution in [3.8, 4) is 0 Å². The minimum atomic E-state index is -4.40. The maximum Gasteiger partial charge on any atom is 0.416 e. The van der Waals surface area contributed by atoms with Gasteiger partial charge in [0.2, 0.25) is 5.91 Å². The summed E-state index contributed by atoms with van der Waals surface area (Å²) in [6.07, 6.45) is -2.00. The predicted octanol–water partition coefficient (Wildman–Crippen LogP) is 3.26. The zero-order valence-corrected chi connectivity index (χ0v) is 13.2. The van der Waals surface area contributed by atoms with Gasteiger partial charge in [0, 0.05) is 18.5 Å². The van der Waals surface area contributed by atoms with Crippen LogP contribution < -0.4 is 0 Å². The molecule has 0 unspecified atom stereocenters. The average Bonchev–Trinajstić information content (AvgIpc) is 2.54. The van der Waals surface area contributed by atoms with Crippen molar-refractivity contribution < 1.29 is 23.1 Å². The van der Waals surface area contributed by atoms with Gasteiger partial charge in [-0.15, -0.1) is 0 Å². The van der Waals surface area contributed by atoms with Crippen LogP contribution in [0.3, 0.4) is 0 Å². The van der Waals surface area contributed by atoms with Crippen molar-refractivity contribution in [1.82, 2.24) is 4.90 Å². The van der Waals surface area contributed by atoms with E-state index in [1.165, 1.54) is 12.1 Å². The smallest absolute Gasteiger partial charge is 0.396 e. The van der Waals surface area contributed by atoms with Gasteiger partial charge in [-0.1, -0.05) is 25.1 Å². The Kier molecular flexibility index (Phi) is 5.34. The Morgan fingerprint density at radius 1 is 1.39 bits per heavy atom. The van der Waals surface area contributed by atoms with Crippen LogP contribution in [0, 0.1) is 5.41 Å². The van der Waals surface area contributed by atoms with Gasteiger partial charge in [-0.25, -0.2) is 0 Å². The van der Waals surface area contributed by atoms with E-state index in [0.29, 0.717) is 18.7 Å². The second-order valence-electron chi connectivity index (χ2n) is 6.31. The molecule has 1 aliphatic rings. The van der Waals surface area contributed by atoms with Gasteiger partial charge in [-0.2, -0.15) is 13.2 Å². The molecule has 1 amide bonds. The average molecular weight is 329 g/mol. The highest BCUT2D eigenvalue weighted by atomic mass is 19.4. The zero-order valence-electron chi connectivity index (χ0n) is 13.2. The van der Waals surface area contributed by atoms with Crippen LogP contribution in [-0.2, 0) is 17.4 Å². The summed E-state index contributed by atoms with van der Waals surface area (Å²) in [6.45, 7) is 3.07. The molecule has 1 aliphatic heterocycles. The summed E-state index contributed by atoms with van der Waals surface area (Å²) in [4.78, 5) is 14.1. The highest BCUT2D eigenvalue weighted by molar-refractivity contribution is 5.79. The number of carbonyl (C=O) groups excluding carboxylic acids is 1. The number of hydrogen-bond donors (Lipinski definition) is 1. The summed E-state index contributed by atoms with van der Waals surface area (Å²) in [5.41, 5.74) is -0.650. The largest absolute Gasteiger partial charge is 0.416 e. The van der Waals surface area contributed by atoms with Crippen LogP contribution in [0.2, 0.25) is 0 Å². The first kappa shape index (κ1) is 17.8. The molecule has 0 bridgehead atoms. The van der Waals surface area contributed by atoms with Crippen molar-refractivity contribution in [2.24, 2.45) is 5.41 Å². The third kappa shape index (κ3) is 4.25. The van der Waals surface area contributed by atoms with Crippen LogP contribution in [0.5, 0.6) is 0 Å². The van der Waals surface area contributed by atoms with Gasteiger partial charge in [-0.3, -0.25) is 4.79 Å². The molecule has 1 saturated heterocycles. The predicted molar refractivity (Wildman–Crippen MR) is 80.8 cm³/mol. The Bertz CT molecular complexity index is 553. The number of amides is 1. The van der Waals surface area contributed by atoms with Crippen molar-refractivity contribution in [2.75, 3.05) is 19.7 Å². The summed E-state index contributed by atoms with van der Waals surface area (Å²) in [6, 6.07) is 4.89. The number of alkyl halides is 3. The Labute approximate surface area is 134 Å². The molecule has 0 aliphatic carbocycles. The van der Waals surface area contributed by atoms with E-state index in [4.69, 9.17) is 0 Å². The summed E-state index contributed by atoms with van der Waals surface area (Å²) < 4.78 is 38.2. The molecule has 0 aromatic heterocycles. The monoisotopic (exact) mass is 329 g/mol. The highest BCUT2D eigenvalue weighted by Crippen LogP contribution is 2.33. The van der Waals surface area contributed by atoms with Crippen LogP contribution in [0.25, 0.3) is 0 Å². The Hall–Kier alpha value is -1.56. The number of benzene rings is 1. The molecular formula is C17H22F3NO2. The van der Waals surface area contributed by atoms with Crippen molar-refractivity contribution in [2.45, 2.75) is 38.8 Å². The number of piperidine rings is 1. The number of aliphatic hydroxyl groups is 1. The molecule has 23 heavy (non-hydrogen) atoms. The lowest BCUT2D eigenvalue weighted by molar-refractivity contribution is -0.138. The number of carbonyl (C=O) groups is 1. The molecule has 1 aromatic rings. The first-order valence-corrected chi connectivity index (χ1v) is 7.84. The van der Waals surface area contributed by atoms with E-state index in [1.54, 1.807) is 4.90 Å². The summed E-state index contributed by atoms with van der Waals surface area (Å²) in [7, 11) is 0. The molecule has 1 aromatic carbocycles. The minimum absolute atomic E-state index is 0.0246. The van der Waals surface area contributed by atoms with Gasteiger partial charge < -0.3 is 10.0 Å². The number of aliphatic hydroxyl groups excluding tert-OH is 1. The highest BCUT2D eigenvalue weighted by Gasteiger charge is 2.35. The van der Waals surface area contributed by atoms with Gasteiger partial charge in [0.25, 0.3) is 0 Å². The van der Waals surface area contributed by atoms with Gasteiger partial charge in [0.15, 0.2) is 0 Å². The SMILES string of the molecule is CC[C@]1(CO)CCCN(C(=O)Cc2cccc(C(F)(F)F)c2)C1. The second-order valence-corrected chi connectivity index (χ2v) is 6.31. The fourth-order valence-electron chi connectivity index (χ4n) is 3.09. The molecule has 2 rings (SSSR count). The van der Waals surface area contributed by atoms with Crippen LogP contribution in [0.4, 0.5) is 13.2 Å². The van der Waals surface area contributed by atoms with Gasteiger partial charge in [0.1, 0.15) is 0 Å². The van der Waals surface area contributed by atoms with Crippen LogP contribution >= 0.6 is 0 Å². The molecule has 1 fully saturated rings. The maximum atomic E-state index is 12.7. The fraction of sp³-hybridized carbons (Fsp3) is 0.588. The van der Waals surface area contributed by atoms with Gasteiger partial charge in [-0.05, 0) is 30.9 Å². The van der Waals surface area contributed by atoms with E-state index in [-0.39, 0.29) is 24.3 Å². The number of rotatable bonds is 4. The summed E-state index contributed by atoms with van der Waals surface area (Å²) >= 11 is 0. The lowest BCUT2D eigenvalue weighted by atomic mass is 9.78. The van der Waals surface area contributed by atoms with Crippen molar-refractivity contribution in [1.29, 1.82) is 0 Å². The van der Waals surface area contributed by atoms with Gasteiger partial charge in [0.05, 0.1) is 18.6 Å². The van der Waals surface area contributed by atoms with Crippen LogP contribution in [0.15, 0.2) is 24.3 Å². The van der Waals surface area contributed by atoms with E-state index in [0.717, 1.165) is 31.4 Å². The standard InChI is InChI=1S/C17H22F3NO2/c1-2-16(12-22)7-4-8-21(11-16)15(23)10-13-5-3-6-14(9-13)17(18,19)20/h3,5-6,9,22H,2,4,7-8,10-12H2,1H3/t16-/m0/s1. The maximum absolute atomic E-state index is 12.7. The third-order valence-electron chi connectivity index (χ3n) is 4.71. The lowest BCUT2D eigenvalue weighted by Gasteiger charge is -2.41. The first-order valence-electron chi connectivity index (χ1n) is 7.84. The normalized spacial score (nSPS) is 22.2. The molecule has 128 valence electrons. The van der Waals surface area contributed by atoms with Crippen molar-refractivity contribution >= 4 is 5.91 Å². The van der Waals surface area contributed by atoms with Gasteiger partial charge >= 0.3 is 6.18 Å². The quantitative estimate of drug-likeness (QED) is 0.921. The third-order valence-corrected chi connectivity index (χ3v) is 4.71. The molecule has 0 radical (unpaired) electrons. The van der Waals surface area contributed by atoms with Crippen LogP contribution in [0.1, 0.15) is 37.3 Å². The Balaban J connectivity index is 2.07. The Morgan fingerprint density at radius 3 is 2.74 bits per heavy atom. The summed E-state index contributed by atoms with van der Waals surface area (Å²) in [5, 5.41) is 9.59. The topological polar surface area (TPSA) is 40.5 Å². The van der Waals surface area contributed by atoms with E-state index in [1.807, 2.05) is 6.92 Å². The molecular weight excluding hydrogens is 307 g/mol. The van der Waals surface area contributed by atoms with E-state index < -0.39 is 11.7 Å². The molecule has 1 N–H and O–H groups in total. The molecule has 0 spiro atoms. The van der Waals surface area contributed by atoms with E-state index in [2.05, 4.69) is 0 Å². The molecule has 1 atom stereocenters. The summed E-state index contributed by atoms with van der Waals surface area (Å²) in [5.74, 6) is -0.185. The molecule has 0 saturated carbocycles. The number of likely N-dealkylation sites (tertiary alicyclic amines) is 1. The van der Waals surface area contributed by atoms with E-state index in [9.17, 15) is 23.1 Å².